The van der Waals surface area contributed by atoms with Gasteiger partial charge in [-0.25, -0.2) is 13.2 Å². The van der Waals surface area contributed by atoms with Crippen LogP contribution in [0.1, 0.15) is 0 Å². The zero-order valence-electron chi connectivity index (χ0n) is 5.34. The van der Waals surface area contributed by atoms with Gasteiger partial charge in [0.25, 0.3) is 0 Å². The van der Waals surface area contributed by atoms with Gasteiger partial charge in [0, 0.05) is 0 Å². The van der Waals surface area contributed by atoms with Crippen molar-refractivity contribution in [2.24, 2.45) is 0 Å². The average molecular weight is 201 g/mol. The second-order valence-corrected chi connectivity index (χ2v) is 2.30. The molecule has 6 heteroatoms. The van der Waals surface area contributed by atoms with Crippen molar-refractivity contribution < 1.29 is 22.7 Å². The van der Waals surface area contributed by atoms with Crippen LogP contribution in [-0.2, 0) is 0 Å². The first-order chi connectivity index (χ1) is 5.46. The summed E-state index contributed by atoms with van der Waals surface area (Å²) in [7, 11) is 0. The smallest absolute Gasteiger partial charge is 0.205 e. The van der Waals surface area contributed by atoms with Gasteiger partial charge in [0.15, 0.2) is 17.4 Å². The maximum Gasteiger partial charge on any atom is 0.205 e. The van der Waals surface area contributed by atoms with Crippen LogP contribution in [0.5, 0.6) is 5.75 Å². The highest BCUT2D eigenvalue weighted by Gasteiger charge is 2.23. The standard InChI is InChI=1S/C6HClF4O/c7-1-2(8)3(9)4(10)5(11)6(1)12/h12H. The third-order valence-electron chi connectivity index (χ3n) is 1.19. The van der Waals surface area contributed by atoms with Crippen LogP contribution < -0.4 is 0 Å². The molecule has 12 heavy (non-hydrogen) atoms. The molecule has 1 N–H and O–H groups in total. The Bertz CT molecular complexity index is 234. The van der Waals surface area contributed by atoms with Gasteiger partial charge >= 0.3 is 0 Å². The normalized spacial score (nSPS) is 10.4. The maximum atomic E-state index is 12.4. The molecule has 0 amide bonds. The van der Waals surface area contributed by atoms with E-state index in [1.807, 2.05) is 0 Å². The number of aromatic hydroxyl groups is 1. The summed E-state index contributed by atoms with van der Waals surface area (Å²) >= 11 is 4.89. The molecular formula is C6HClF4O. The van der Waals surface area contributed by atoms with Crippen molar-refractivity contribution in [3.63, 3.8) is 0 Å². The summed E-state index contributed by atoms with van der Waals surface area (Å²) in [5.74, 6) is -9.29. The van der Waals surface area contributed by atoms with Crippen molar-refractivity contribution in [2.75, 3.05) is 0 Å². The van der Waals surface area contributed by atoms with Crippen molar-refractivity contribution in [3.8, 4) is 5.75 Å². The van der Waals surface area contributed by atoms with Gasteiger partial charge in [-0.15, -0.1) is 0 Å². The number of hydrogen-bond donors (Lipinski definition) is 1. The highest BCUT2D eigenvalue weighted by molar-refractivity contribution is 6.32. The Morgan fingerprint density at radius 1 is 0.833 bits per heavy atom. The summed E-state index contributed by atoms with van der Waals surface area (Å²) < 4.78 is 49.1. The molecular weight excluding hydrogens is 200 g/mol. The number of hydrogen-bond acceptors (Lipinski definition) is 1. The molecule has 0 unspecified atom stereocenters. The van der Waals surface area contributed by atoms with Crippen LogP contribution >= 0.6 is 11.6 Å². The molecule has 0 atom stereocenters. The van der Waals surface area contributed by atoms with E-state index in [9.17, 15) is 17.6 Å². The largest absolute Gasteiger partial charge is 0.504 e. The van der Waals surface area contributed by atoms with E-state index in [-0.39, 0.29) is 0 Å². The second kappa shape index (κ2) is 2.82. The fourth-order valence-electron chi connectivity index (χ4n) is 0.593. The summed E-state index contributed by atoms with van der Waals surface area (Å²) in [6, 6.07) is 0. The minimum atomic E-state index is -2.09. The first-order valence-corrected chi connectivity index (χ1v) is 3.05. The lowest BCUT2D eigenvalue weighted by Gasteiger charge is -2.02. The topological polar surface area (TPSA) is 20.2 Å². The van der Waals surface area contributed by atoms with Gasteiger partial charge in [-0.1, -0.05) is 11.6 Å². The molecule has 0 saturated heterocycles. The molecule has 0 spiro atoms. The minimum Gasteiger partial charge on any atom is -0.504 e. The Morgan fingerprint density at radius 3 is 1.75 bits per heavy atom. The molecule has 0 fully saturated rings. The highest BCUT2D eigenvalue weighted by atomic mass is 35.5. The van der Waals surface area contributed by atoms with Crippen LogP contribution in [-0.4, -0.2) is 5.11 Å². The van der Waals surface area contributed by atoms with Crippen LogP contribution in [0.25, 0.3) is 0 Å². The summed E-state index contributed by atoms with van der Waals surface area (Å²) in [5, 5.41) is 7.36. The lowest BCUT2D eigenvalue weighted by Crippen LogP contribution is -1.96. The molecule has 0 radical (unpaired) electrons. The van der Waals surface area contributed by atoms with Gasteiger partial charge in [0.05, 0.1) is 0 Å². The van der Waals surface area contributed by atoms with E-state index in [4.69, 9.17) is 16.7 Å². The van der Waals surface area contributed by atoms with E-state index in [0.717, 1.165) is 0 Å². The van der Waals surface area contributed by atoms with Crippen LogP contribution in [0.15, 0.2) is 0 Å². The van der Waals surface area contributed by atoms with Crippen molar-refractivity contribution in [3.05, 3.63) is 28.3 Å². The van der Waals surface area contributed by atoms with Crippen LogP contribution in [0.2, 0.25) is 5.02 Å². The fraction of sp³-hybridized carbons (Fsp3) is 0. The van der Waals surface area contributed by atoms with Crippen molar-refractivity contribution in [1.82, 2.24) is 0 Å². The highest BCUT2D eigenvalue weighted by Crippen LogP contribution is 2.32. The molecule has 0 aromatic heterocycles. The van der Waals surface area contributed by atoms with Crippen molar-refractivity contribution >= 4 is 11.6 Å². The van der Waals surface area contributed by atoms with Crippen molar-refractivity contribution in [1.29, 1.82) is 0 Å². The minimum absolute atomic E-state index is 1.17. The first kappa shape index (κ1) is 9.12. The number of rotatable bonds is 0. The zero-order valence-corrected chi connectivity index (χ0v) is 6.09. The zero-order chi connectivity index (χ0) is 9.46. The number of phenols is 1. The Labute approximate surface area is 69.2 Å². The molecule has 0 saturated carbocycles. The van der Waals surface area contributed by atoms with Gasteiger partial charge in [-0.3, -0.25) is 0 Å². The van der Waals surface area contributed by atoms with Crippen molar-refractivity contribution in [2.45, 2.75) is 0 Å². The third-order valence-corrected chi connectivity index (χ3v) is 1.53. The molecule has 0 aliphatic carbocycles. The molecule has 1 aromatic rings. The van der Waals surface area contributed by atoms with Gasteiger partial charge in [0.2, 0.25) is 11.6 Å². The molecule has 1 rings (SSSR count). The average Bonchev–Trinajstić information content (AvgIpc) is 2.08. The first-order valence-electron chi connectivity index (χ1n) is 2.67. The summed E-state index contributed by atoms with van der Waals surface area (Å²) in [5.41, 5.74) is 0. The summed E-state index contributed by atoms with van der Waals surface area (Å²) in [6.07, 6.45) is 0. The molecule has 0 aliphatic heterocycles. The summed E-state index contributed by atoms with van der Waals surface area (Å²) in [6.45, 7) is 0. The molecule has 0 bridgehead atoms. The van der Waals surface area contributed by atoms with Crippen LogP contribution in [0.3, 0.4) is 0 Å². The molecule has 0 aliphatic rings. The Kier molecular flexibility index (Phi) is 2.14. The Balaban J connectivity index is 3.60. The molecule has 1 aromatic carbocycles. The lowest BCUT2D eigenvalue weighted by molar-refractivity contribution is 0.365. The Morgan fingerprint density at radius 2 is 1.25 bits per heavy atom. The van der Waals surface area contributed by atoms with Crippen LogP contribution in [0.4, 0.5) is 17.6 Å². The second-order valence-electron chi connectivity index (χ2n) is 1.92. The number of benzene rings is 1. The quantitative estimate of drug-likeness (QED) is 0.388. The predicted octanol–water partition coefficient (Wildman–Crippen LogP) is 2.60. The SMILES string of the molecule is Oc1c(F)c(F)c(F)c(F)c1Cl. The molecule has 0 heterocycles. The van der Waals surface area contributed by atoms with E-state index in [1.165, 1.54) is 0 Å². The molecule has 1 nitrogen and oxygen atoms in total. The van der Waals surface area contributed by atoms with E-state index in [2.05, 4.69) is 0 Å². The Hall–Kier alpha value is -0.970. The summed E-state index contributed by atoms with van der Waals surface area (Å²) in [4.78, 5) is 0. The van der Waals surface area contributed by atoms with E-state index in [1.54, 1.807) is 0 Å². The molecule has 66 valence electrons. The fourth-order valence-corrected chi connectivity index (χ4v) is 0.759. The maximum absolute atomic E-state index is 12.4. The van der Waals surface area contributed by atoms with E-state index >= 15 is 0 Å². The van der Waals surface area contributed by atoms with Crippen LogP contribution in [0, 0.1) is 23.3 Å². The lowest BCUT2D eigenvalue weighted by atomic mass is 10.3. The van der Waals surface area contributed by atoms with Gasteiger partial charge < -0.3 is 5.11 Å². The van der Waals surface area contributed by atoms with E-state index < -0.39 is 34.0 Å². The van der Waals surface area contributed by atoms with E-state index in [0.29, 0.717) is 0 Å². The van der Waals surface area contributed by atoms with Gasteiger partial charge in [0.1, 0.15) is 5.02 Å². The van der Waals surface area contributed by atoms with Gasteiger partial charge in [-0.2, -0.15) is 4.39 Å². The number of halogens is 5. The predicted molar refractivity (Wildman–Crippen MR) is 32.9 cm³/mol. The van der Waals surface area contributed by atoms with Gasteiger partial charge in [-0.05, 0) is 0 Å². The third kappa shape index (κ3) is 1.10. The monoisotopic (exact) mass is 200 g/mol. The number of phenolic OH excluding ortho intramolecular Hbond substituents is 1.